The molecule has 0 spiro atoms. The van der Waals surface area contributed by atoms with Crippen molar-refractivity contribution in [3.63, 3.8) is 0 Å². The molecule has 2 nitrogen and oxygen atoms in total. The minimum absolute atomic E-state index is 0.0389. The van der Waals surface area contributed by atoms with Crippen LogP contribution in [-0.4, -0.2) is 9.97 Å². The van der Waals surface area contributed by atoms with E-state index in [-0.39, 0.29) is 5.92 Å². The average Bonchev–Trinajstić information content (AvgIpc) is 3.24. The molecule has 0 fully saturated rings. The summed E-state index contributed by atoms with van der Waals surface area (Å²) < 4.78 is 0. The van der Waals surface area contributed by atoms with Gasteiger partial charge in [0.1, 0.15) is 0 Å². The third-order valence-corrected chi connectivity index (χ3v) is 10.7. The van der Waals surface area contributed by atoms with Crippen LogP contribution in [0.1, 0.15) is 28.2 Å². The largest absolute Gasteiger partial charge is 0.245 e. The number of aromatic nitrogens is 2. The maximum absolute atomic E-state index is 5.29. The molecular formula is C51H34N2. The van der Waals surface area contributed by atoms with Crippen LogP contribution < -0.4 is 0 Å². The molecule has 2 heteroatoms. The molecule has 0 saturated carbocycles. The van der Waals surface area contributed by atoms with Gasteiger partial charge in [-0.25, -0.2) is 9.97 Å². The fraction of sp³-hybridized carbons (Fsp3) is 0.0196. The van der Waals surface area contributed by atoms with Crippen molar-refractivity contribution in [1.82, 2.24) is 9.97 Å². The van der Waals surface area contributed by atoms with E-state index in [0.717, 1.165) is 61.0 Å². The third-order valence-electron chi connectivity index (χ3n) is 10.7. The normalized spacial score (nSPS) is 14.0. The Labute approximate surface area is 309 Å². The molecular weight excluding hydrogens is 641 g/mol. The van der Waals surface area contributed by atoms with Gasteiger partial charge in [-0.1, -0.05) is 170 Å². The fourth-order valence-corrected chi connectivity index (χ4v) is 8.02. The number of allylic oxidation sites excluding steroid dienone is 2. The van der Waals surface area contributed by atoms with Gasteiger partial charge in [-0.2, -0.15) is 0 Å². The standard InChI is InChI=1S/C51H34N2/c1-33-41-27-25-35-15-11-12-20-42(35)49(41)46(34-13-5-2-6-14-34)32-44(33)36-21-23-37(24-22-36)45-31-40-26-29-47(38-16-7-3-8-17-38)52-50(40)51-43(45)28-30-48(53-51)39-18-9-4-10-19-39/h2-32,44H,1H2. The molecule has 1 atom stereocenters. The van der Waals surface area contributed by atoms with E-state index in [0.29, 0.717) is 0 Å². The van der Waals surface area contributed by atoms with E-state index >= 15 is 0 Å². The van der Waals surface area contributed by atoms with Crippen LogP contribution in [0.4, 0.5) is 0 Å². The van der Waals surface area contributed by atoms with Crippen molar-refractivity contribution in [1.29, 1.82) is 0 Å². The zero-order valence-corrected chi connectivity index (χ0v) is 29.1. The molecule has 0 saturated heterocycles. The second-order valence-corrected chi connectivity index (χ2v) is 13.8. The van der Waals surface area contributed by atoms with Crippen molar-refractivity contribution in [2.45, 2.75) is 5.92 Å². The number of hydrogen-bond acceptors (Lipinski definition) is 2. The Kier molecular flexibility index (Phi) is 7.40. The average molecular weight is 675 g/mol. The van der Waals surface area contributed by atoms with Crippen LogP contribution in [-0.2, 0) is 0 Å². The van der Waals surface area contributed by atoms with E-state index in [4.69, 9.17) is 16.5 Å². The first-order chi connectivity index (χ1) is 26.2. The lowest BCUT2D eigenvalue weighted by molar-refractivity contribution is 1.09. The first kappa shape index (κ1) is 30.9. The zero-order valence-electron chi connectivity index (χ0n) is 29.1. The third kappa shape index (κ3) is 5.35. The van der Waals surface area contributed by atoms with E-state index in [1.54, 1.807) is 0 Å². The Balaban J connectivity index is 1.11. The summed E-state index contributed by atoms with van der Waals surface area (Å²) in [5, 5.41) is 4.64. The number of hydrogen-bond donors (Lipinski definition) is 0. The topological polar surface area (TPSA) is 25.8 Å². The van der Waals surface area contributed by atoms with Crippen LogP contribution in [0.3, 0.4) is 0 Å². The highest BCUT2D eigenvalue weighted by molar-refractivity contribution is 6.11. The highest BCUT2D eigenvalue weighted by atomic mass is 14.8. The smallest absolute Gasteiger partial charge is 0.0978 e. The van der Waals surface area contributed by atoms with E-state index in [2.05, 4.69) is 176 Å². The first-order valence-corrected chi connectivity index (χ1v) is 18.1. The summed E-state index contributed by atoms with van der Waals surface area (Å²) in [5.74, 6) is 0.0389. The van der Waals surface area contributed by atoms with E-state index < -0.39 is 0 Å². The molecule has 2 heterocycles. The van der Waals surface area contributed by atoms with Crippen LogP contribution in [0.5, 0.6) is 0 Å². The zero-order chi connectivity index (χ0) is 35.3. The Hall–Kier alpha value is -6.90. The second kappa shape index (κ2) is 12.7. The Morgan fingerprint density at radius 1 is 0.415 bits per heavy atom. The summed E-state index contributed by atoms with van der Waals surface area (Å²) in [6.07, 6.45) is 2.41. The lowest BCUT2D eigenvalue weighted by Gasteiger charge is -2.29. The summed E-state index contributed by atoms with van der Waals surface area (Å²) in [7, 11) is 0. The summed E-state index contributed by atoms with van der Waals surface area (Å²) in [5.41, 5.74) is 15.4. The highest BCUT2D eigenvalue weighted by Gasteiger charge is 2.27. The summed E-state index contributed by atoms with van der Waals surface area (Å²) in [6.45, 7) is 4.71. The van der Waals surface area contributed by atoms with Crippen LogP contribution in [0, 0.1) is 0 Å². The van der Waals surface area contributed by atoms with E-state index in [9.17, 15) is 0 Å². The van der Waals surface area contributed by atoms with Gasteiger partial charge in [0, 0.05) is 27.8 Å². The van der Waals surface area contributed by atoms with Crippen LogP contribution in [0.25, 0.3) is 77.4 Å². The molecule has 1 unspecified atom stereocenters. The maximum atomic E-state index is 5.29. The van der Waals surface area contributed by atoms with Crippen molar-refractivity contribution in [3.8, 4) is 33.6 Å². The molecule has 7 aromatic carbocycles. The number of fused-ring (bicyclic) bond motifs is 6. The Morgan fingerprint density at radius 3 is 1.70 bits per heavy atom. The number of rotatable bonds is 5. The predicted molar refractivity (Wildman–Crippen MR) is 223 cm³/mol. The minimum Gasteiger partial charge on any atom is -0.245 e. The van der Waals surface area contributed by atoms with E-state index in [1.165, 1.54) is 38.6 Å². The molecule has 0 N–H and O–H groups in total. The van der Waals surface area contributed by atoms with Crippen molar-refractivity contribution in [2.24, 2.45) is 0 Å². The number of benzene rings is 7. The van der Waals surface area contributed by atoms with E-state index in [1.807, 2.05) is 12.1 Å². The molecule has 2 aromatic heterocycles. The monoisotopic (exact) mass is 674 g/mol. The lowest BCUT2D eigenvalue weighted by atomic mass is 9.75. The SMILES string of the molecule is C=C1c2ccc3ccccc3c2C(c2ccccc2)=CC1c1ccc(-c2cc3ccc(-c4ccccc4)nc3c3nc(-c4ccccc4)ccc23)cc1. The van der Waals surface area contributed by atoms with Gasteiger partial charge < -0.3 is 0 Å². The first-order valence-electron chi connectivity index (χ1n) is 18.1. The van der Waals surface area contributed by atoms with Crippen LogP contribution in [0.2, 0.25) is 0 Å². The molecule has 0 aliphatic heterocycles. The fourth-order valence-electron chi connectivity index (χ4n) is 8.02. The van der Waals surface area contributed by atoms with Crippen LogP contribution >= 0.6 is 0 Å². The van der Waals surface area contributed by atoms with Gasteiger partial charge in [-0.3, -0.25) is 0 Å². The predicted octanol–water partition coefficient (Wildman–Crippen LogP) is 13.2. The molecule has 1 aliphatic rings. The van der Waals surface area contributed by atoms with Crippen molar-refractivity contribution in [3.05, 3.63) is 217 Å². The van der Waals surface area contributed by atoms with Crippen LogP contribution in [0.15, 0.2) is 195 Å². The van der Waals surface area contributed by atoms with Gasteiger partial charge in [0.2, 0.25) is 0 Å². The number of nitrogens with zero attached hydrogens (tertiary/aromatic N) is 2. The quantitative estimate of drug-likeness (QED) is 0.170. The van der Waals surface area contributed by atoms with Crippen molar-refractivity contribution >= 4 is 43.7 Å². The second-order valence-electron chi connectivity index (χ2n) is 13.8. The summed E-state index contributed by atoms with van der Waals surface area (Å²) in [6, 6.07) is 64.6. The van der Waals surface area contributed by atoms with Gasteiger partial charge in [-0.05, 0) is 79.6 Å². The molecule has 0 bridgehead atoms. The molecule has 10 rings (SSSR count). The molecule has 0 radical (unpaired) electrons. The van der Waals surface area contributed by atoms with Crippen molar-refractivity contribution in [2.75, 3.05) is 0 Å². The summed E-state index contributed by atoms with van der Waals surface area (Å²) >= 11 is 0. The Bertz CT molecular complexity index is 2870. The lowest BCUT2D eigenvalue weighted by Crippen LogP contribution is -2.09. The molecule has 9 aromatic rings. The molecule has 0 amide bonds. The molecule has 1 aliphatic carbocycles. The van der Waals surface area contributed by atoms with Gasteiger partial charge in [-0.15, -0.1) is 0 Å². The summed E-state index contributed by atoms with van der Waals surface area (Å²) in [4.78, 5) is 10.5. The van der Waals surface area contributed by atoms with Gasteiger partial charge in [0.05, 0.1) is 22.4 Å². The van der Waals surface area contributed by atoms with Crippen molar-refractivity contribution < 1.29 is 0 Å². The Morgan fingerprint density at radius 2 is 1.00 bits per heavy atom. The molecule has 53 heavy (non-hydrogen) atoms. The van der Waals surface area contributed by atoms with Gasteiger partial charge >= 0.3 is 0 Å². The minimum atomic E-state index is 0.0389. The molecule has 248 valence electrons. The van der Waals surface area contributed by atoms with Gasteiger partial charge in [0.15, 0.2) is 0 Å². The van der Waals surface area contributed by atoms with Gasteiger partial charge in [0.25, 0.3) is 0 Å². The number of pyridine rings is 2. The maximum Gasteiger partial charge on any atom is 0.0978 e. The highest BCUT2D eigenvalue weighted by Crippen LogP contribution is 2.47.